The predicted octanol–water partition coefficient (Wildman–Crippen LogP) is 0.260. The van der Waals surface area contributed by atoms with Crippen LogP contribution in [0.2, 0.25) is 0 Å². The smallest absolute Gasteiger partial charge is 0.309 e. The highest BCUT2D eigenvalue weighted by Gasteiger charge is 2.54. The maximum atomic E-state index is 12.2. The standard InChI is InChI=1S/C21H32O8/c1-9-11-4-6-21(3)7-5-12(10(2)14(21)18(11)29-19(9)26)27-20-17(25)16(24)15(23)13(8-22)28-20/h9,11-13,15-18,20,22-25H,4-8H2,1-3H3. The molecule has 10 unspecified atom stereocenters. The summed E-state index contributed by atoms with van der Waals surface area (Å²) in [4.78, 5) is 12.2. The fourth-order valence-corrected chi connectivity index (χ4v) is 5.71. The number of hydrogen-bond donors (Lipinski definition) is 4. The molecule has 0 bridgehead atoms. The summed E-state index contributed by atoms with van der Waals surface area (Å²) < 4.78 is 17.3. The number of rotatable bonds is 3. The first-order valence-electron chi connectivity index (χ1n) is 10.6. The van der Waals surface area contributed by atoms with Crippen molar-refractivity contribution in [1.82, 2.24) is 0 Å². The molecule has 3 fully saturated rings. The van der Waals surface area contributed by atoms with E-state index in [-0.39, 0.29) is 35.4 Å². The molecule has 4 N–H and O–H groups in total. The summed E-state index contributed by atoms with van der Waals surface area (Å²) in [5.74, 6) is -0.0929. The predicted molar refractivity (Wildman–Crippen MR) is 100 cm³/mol. The third-order valence-electron chi connectivity index (χ3n) is 7.62. The molecular formula is C21H32O8. The Morgan fingerprint density at radius 3 is 2.52 bits per heavy atom. The Bertz CT molecular complexity index is 690. The minimum atomic E-state index is -1.47. The largest absolute Gasteiger partial charge is 0.457 e. The Morgan fingerprint density at radius 2 is 1.83 bits per heavy atom. The molecule has 0 spiro atoms. The maximum absolute atomic E-state index is 12.2. The normalized spacial score (nSPS) is 50.2. The van der Waals surface area contributed by atoms with Gasteiger partial charge < -0.3 is 34.6 Å². The van der Waals surface area contributed by atoms with Crippen molar-refractivity contribution in [2.75, 3.05) is 6.61 Å². The van der Waals surface area contributed by atoms with Gasteiger partial charge in [-0.25, -0.2) is 0 Å². The second-order valence-corrected chi connectivity index (χ2v) is 9.37. The zero-order valence-electron chi connectivity index (χ0n) is 17.2. The second kappa shape index (κ2) is 7.59. The van der Waals surface area contributed by atoms with Gasteiger partial charge in [0.1, 0.15) is 30.5 Å². The van der Waals surface area contributed by atoms with E-state index in [9.17, 15) is 25.2 Å². The summed E-state index contributed by atoms with van der Waals surface area (Å²) >= 11 is 0. The Kier molecular flexibility index (Phi) is 5.55. The highest BCUT2D eigenvalue weighted by atomic mass is 16.7. The molecule has 10 atom stereocenters. The van der Waals surface area contributed by atoms with Gasteiger partial charge in [-0.15, -0.1) is 0 Å². The molecule has 4 rings (SSSR count). The molecule has 1 saturated carbocycles. The van der Waals surface area contributed by atoms with Crippen LogP contribution in [0.4, 0.5) is 0 Å². The average molecular weight is 412 g/mol. The molecular weight excluding hydrogens is 380 g/mol. The topological polar surface area (TPSA) is 126 Å². The lowest BCUT2D eigenvalue weighted by Gasteiger charge is -2.49. The number of carbonyl (C=O) groups excluding carboxylic acids is 1. The fourth-order valence-electron chi connectivity index (χ4n) is 5.71. The van der Waals surface area contributed by atoms with Crippen LogP contribution in [0, 0.1) is 17.3 Å². The van der Waals surface area contributed by atoms with Gasteiger partial charge >= 0.3 is 5.97 Å². The SMILES string of the molecule is CC1=C2C3OC(=O)C(C)C3CCC2(C)CCC1OC1OC(CO)C(O)C(O)C1O. The molecule has 0 aromatic rings. The third-order valence-corrected chi connectivity index (χ3v) is 7.62. The summed E-state index contributed by atoms with van der Waals surface area (Å²) in [6.45, 7) is 5.62. The lowest BCUT2D eigenvalue weighted by atomic mass is 9.59. The molecule has 2 aliphatic carbocycles. The van der Waals surface area contributed by atoms with Crippen LogP contribution >= 0.6 is 0 Å². The lowest BCUT2D eigenvalue weighted by Crippen LogP contribution is -2.60. The van der Waals surface area contributed by atoms with Crippen molar-refractivity contribution in [3.8, 4) is 0 Å². The Labute approximate surface area is 170 Å². The minimum absolute atomic E-state index is 0.0508. The summed E-state index contributed by atoms with van der Waals surface area (Å²) in [5.41, 5.74) is 2.05. The molecule has 0 amide bonds. The van der Waals surface area contributed by atoms with Gasteiger partial charge in [0.25, 0.3) is 0 Å². The summed E-state index contributed by atoms with van der Waals surface area (Å²) in [6.07, 6.45) is -3.56. The van der Waals surface area contributed by atoms with Crippen LogP contribution < -0.4 is 0 Å². The molecule has 164 valence electrons. The second-order valence-electron chi connectivity index (χ2n) is 9.37. The van der Waals surface area contributed by atoms with Crippen LogP contribution in [-0.2, 0) is 19.0 Å². The maximum Gasteiger partial charge on any atom is 0.309 e. The van der Waals surface area contributed by atoms with E-state index in [2.05, 4.69) is 6.92 Å². The van der Waals surface area contributed by atoms with Crippen LogP contribution in [0.1, 0.15) is 46.5 Å². The number of hydrogen-bond acceptors (Lipinski definition) is 8. The van der Waals surface area contributed by atoms with Crippen LogP contribution in [0.25, 0.3) is 0 Å². The van der Waals surface area contributed by atoms with E-state index in [4.69, 9.17) is 14.2 Å². The quantitative estimate of drug-likeness (QED) is 0.384. The van der Waals surface area contributed by atoms with Crippen molar-refractivity contribution in [1.29, 1.82) is 0 Å². The van der Waals surface area contributed by atoms with Crippen molar-refractivity contribution in [3.05, 3.63) is 11.1 Å². The van der Waals surface area contributed by atoms with Crippen molar-refractivity contribution < 1.29 is 39.4 Å². The summed E-state index contributed by atoms with van der Waals surface area (Å²) in [7, 11) is 0. The number of esters is 1. The Morgan fingerprint density at radius 1 is 1.14 bits per heavy atom. The number of ether oxygens (including phenoxy) is 3. The van der Waals surface area contributed by atoms with Crippen molar-refractivity contribution in [2.45, 2.75) is 89.4 Å². The highest BCUT2D eigenvalue weighted by molar-refractivity contribution is 5.75. The van der Waals surface area contributed by atoms with E-state index in [0.717, 1.165) is 30.4 Å². The lowest BCUT2D eigenvalue weighted by molar-refractivity contribution is -0.309. The van der Waals surface area contributed by atoms with Crippen LogP contribution in [-0.4, -0.2) is 75.9 Å². The van der Waals surface area contributed by atoms with Crippen LogP contribution in [0.3, 0.4) is 0 Å². The third kappa shape index (κ3) is 3.34. The zero-order valence-corrected chi connectivity index (χ0v) is 17.2. The number of fused-ring (bicyclic) bond motifs is 3. The zero-order chi connectivity index (χ0) is 21.1. The van der Waals surface area contributed by atoms with Gasteiger partial charge in [-0.3, -0.25) is 4.79 Å². The molecule has 0 aromatic heterocycles. The summed E-state index contributed by atoms with van der Waals surface area (Å²) in [5, 5.41) is 39.7. The highest BCUT2D eigenvalue weighted by Crippen LogP contribution is 2.55. The van der Waals surface area contributed by atoms with E-state index >= 15 is 0 Å². The van der Waals surface area contributed by atoms with E-state index in [0.29, 0.717) is 6.42 Å². The monoisotopic (exact) mass is 412 g/mol. The molecule has 4 aliphatic rings. The van der Waals surface area contributed by atoms with Crippen LogP contribution in [0.5, 0.6) is 0 Å². The van der Waals surface area contributed by atoms with Gasteiger partial charge in [0.15, 0.2) is 6.29 Å². The number of aliphatic hydroxyl groups excluding tert-OH is 4. The molecule has 8 nitrogen and oxygen atoms in total. The Hall–Kier alpha value is -1.03. The minimum Gasteiger partial charge on any atom is -0.457 e. The van der Waals surface area contributed by atoms with E-state index in [1.807, 2.05) is 13.8 Å². The van der Waals surface area contributed by atoms with E-state index in [1.165, 1.54) is 0 Å². The average Bonchev–Trinajstić information content (AvgIpc) is 2.97. The van der Waals surface area contributed by atoms with Gasteiger partial charge in [0.2, 0.25) is 0 Å². The van der Waals surface area contributed by atoms with E-state index < -0.39 is 37.3 Å². The number of carbonyl (C=O) groups is 1. The van der Waals surface area contributed by atoms with Gasteiger partial charge in [-0.1, -0.05) is 13.8 Å². The molecule has 0 radical (unpaired) electrons. The molecule has 2 aliphatic heterocycles. The Balaban J connectivity index is 1.59. The van der Waals surface area contributed by atoms with E-state index in [1.54, 1.807) is 0 Å². The molecule has 29 heavy (non-hydrogen) atoms. The van der Waals surface area contributed by atoms with Crippen molar-refractivity contribution in [2.24, 2.45) is 17.3 Å². The first kappa shape index (κ1) is 21.2. The molecule has 2 heterocycles. The number of aliphatic hydroxyl groups is 4. The first-order chi connectivity index (χ1) is 13.7. The summed E-state index contributed by atoms with van der Waals surface area (Å²) in [6, 6.07) is 0. The van der Waals surface area contributed by atoms with Gasteiger partial charge in [0, 0.05) is 5.92 Å². The van der Waals surface area contributed by atoms with Crippen LogP contribution in [0.15, 0.2) is 11.1 Å². The first-order valence-corrected chi connectivity index (χ1v) is 10.6. The fraction of sp³-hybridized carbons (Fsp3) is 0.857. The molecule has 8 heteroatoms. The van der Waals surface area contributed by atoms with Gasteiger partial charge in [0.05, 0.1) is 18.6 Å². The van der Waals surface area contributed by atoms with Crippen molar-refractivity contribution >= 4 is 5.97 Å². The van der Waals surface area contributed by atoms with Gasteiger partial charge in [-0.05, 0) is 49.2 Å². The van der Waals surface area contributed by atoms with Crippen molar-refractivity contribution in [3.63, 3.8) is 0 Å². The van der Waals surface area contributed by atoms with Gasteiger partial charge in [-0.2, -0.15) is 0 Å². The molecule has 2 saturated heterocycles. The molecule has 0 aromatic carbocycles.